The van der Waals surface area contributed by atoms with Gasteiger partial charge in [0.2, 0.25) is 5.91 Å². The highest BCUT2D eigenvalue weighted by molar-refractivity contribution is 7.12. The summed E-state index contributed by atoms with van der Waals surface area (Å²) in [6.45, 7) is 8.20. The van der Waals surface area contributed by atoms with Gasteiger partial charge in [-0.05, 0) is 24.9 Å². The van der Waals surface area contributed by atoms with Gasteiger partial charge in [-0.3, -0.25) is 9.59 Å². The Hall–Kier alpha value is -1.40. The average molecular weight is 295 g/mol. The highest BCUT2D eigenvalue weighted by atomic mass is 32.1. The van der Waals surface area contributed by atoms with Gasteiger partial charge < -0.3 is 15.1 Å². The van der Waals surface area contributed by atoms with Gasteiger partial charge in [-0.1, -0.05) is 13.0 Å². The fourth-order valence-corrected chi connectivity index (χ4v) is 2.92. The van der Waals surface area contributed by atoms with Gasteiger partial charge >= 0.3 is 0 Å². The molecule has 2 amide bonds. The standard InChI is InChI=1S/C14H21N3O2S/c1-3-16-6-8-17(9-7-16)14(19)11(2)15-13(18)12-5-4-10-20-12/h4-5,10-11H,3,6-9H2,1-2H3,(H,15,18). The van der Waals surface area contributed by atoms with Gasteiger partial charge in [0.1, 0.15) is 6.04 Å². The summed E-state index contributed by atoms with van der Waals surface area (Å²) in [5.74, 6) is -0.168. The first-order chi connectivity index (χ1) is 9.61. The summed E-state index contributed by atoms with van der Waals surface area (Å²) in [6, 6.07) is 3.12. The lowest BCUT2D eigenvalue weighted by molar-refractivity contribution is -0.134. The minimum Gasteiger partial charge on any atom is -0.340 e. The van der Waals surface area contributed by atoms with Crippen LogP contribution in [0.2, 0.25) is 0 Å². The number of nitrogens with one attached hydrogen (secondary N) is 1. The number of piperazine rings is 1. The second-order valence-electron chi connectivity index (χ2n) is 4.93. The summed E-state index contributed by atoms with van der Waals surface area (Å²) < 4.78 is 0. The van der Waals surface area contributed by atoms with E-state index in [1.807, 2.05) is 16.3 Å². The minimum absolute atomic E-state index is 0.00524. The van der Waals surface area contributed by atoms with Gasteiger partial charge in [0.05, 0.1) is 4.88 Å². The van der Waals surface area contributed by atoms with Crippen LogP contribution in [0.4, 0.5) is 0 Å². The molecule has 0 spiro atoms. The van der Waals surface area contributed by atoms with Gasteiger partial charge in [0.25, 0.3) is 5.91 Å². The molecule has 20 heavy (non-hydrogen) atoms. The largest absolute Gasteiger partial charge is 0.340 e. The molecule has 1 atom stereocenters. The van der Waals surface area contributed by atoms with E-state index in [0.29, 0.717) is 4.88 Å². The van der Waals surface area contributed by atoms with E-state index in [2.05, 4.69) is 17.1 Å². The molecule has 6 heteroatoms. The van der Waals surface area contributed by atoms with Crippen molar-refractivity contribution in [3.63, 3.8) is 0 Å². The van der Waals surface area contributed by atoms with Crippen LogP contribution in [0.3, 0.4) is 0 Å². The summed E-state index contributed by atoms with van der Waals surface area (Å²) in [4.78, 5) is 29.0. The first-order valence-corrected chi connectivity index (χ1v) is 7.85. The number of carbonyl (C=O) groups excluding carboxylic acids is 2. The van der Waals surface area contributed by atoms with Gasteiger partial charge in [0.15, 0.2) is 0 Å². The van der Waals surface area contributed by atoms with E-state index in [1.54, 1.807) is 13.0 Å². The topological polar surface area (TPSA) is 52.6 Å². The number of likely N-dealkylation sites (N-methyl/N-ethyl adjacent to an activating group) is 1. The number of hydrogen-bond donors (Lipinski definition) is 1. The van der Waals surface area contributed by atoms with Crippen molar-refractivity contribution in [2.45, 2.75) is 19.9 Å². The quantitative estimate of drug-likeness (QED) is 0.903. The van der Waals surface area contributed by atoms with Crippen LogP contribution in [0.15, 0.2) is 17.5 Å². The lowest BCUT2D eigenvalue weighted by Crippen LogP contribution is -2.54. The van der Waals surface area contributed by atoms with Crippen LogP contribution in [0.25, 0.3) is 0 Å². The van der Waals surface area contributed by atoms with E-state index in [0.717, 1.165) is 32.7 Å². The van der Waals surface area contributed by atoms with Gasteiger partial charge in [0, 0.05) is 26.2 Å². The molecule has 1 aliphatic heterocycles. The zero-order valence-electron chi connectivity index (χ0n) is 12.0. The number of hydrogen-bond acceptors (Lipinski definition) is 4. The maximum atomic E-state index is 12.3. The summed E-state index contributed by atoms with van der Waals surface area (Å²) in [7, 11) is 0. The first kappa shape index (κ1) is 15.0. The molecular formula is C14H21N3O2S. The zero-order valence-corrected chi connectivity index (χ0v) is 12.8. The molecule has 1 aliphatic rings. The second kappa shape index (κ2) is 6.85. The van der Waals surface area contributed by atoms with Gasteiger partial charge in [-0.2, -0.15) is 0 Å². The van der Waals surface area contributed by atoms with E-state index in [4.69, 9.17) is 0 Å². The third-order valence-corrected chi connectivity index (χ3v) is 4.46. The maximum absolute atomic E-state index is 12.3. The van der Waals surface area contributed by atoms with Crippen LogP contribution in [0.1, 0.15) is 23.5 Å². The lowest BCUT2D eigenvalue weighted by atomic mass is 10.2. The van der Waals surface area contributed by atoms with Crippen LogP contribution >= 0.6 is 11.3 Å². The third kappa shape index (κ3) is 3.58. The normalized spacial score (nSPS) is 17.8. The lowest BCUT2D eigenvalue weighted by Gasteiger charge is -2.35. The molecule has 5 nitrogen and oxygen atoms in total. The van der Waals surface area contributed by atoms with Crippen molar-refractivity contribution in [2.75, 3.05) is 32.7 Å². The van der Waals surface area contributed by atoms with Crippen molar-refractivity contribution in [1.29, 1.82) is 0 Å². The Morgan fingerprint density at radius 1 is 1.35 bits per heavy atom. The fraction of sp³-hybridized carbons (Fsp3) is 0.571. The highest BCUT2D eigenvalue weighted by Gasteiger charge is 2.25. The molecule has 0 saturated carbocycles. The molecule has 0 aromatic carbocycles. The number of rotatable bonds is 4. The van der Waals surface area contributed by atoms with Crippen molar-refractivity contribution in [2.24, 2.45) is 0 Å². The van der Waals surface area contributed by atoms with Crippen LogP contribution in [0, 0.1) is 0 Å². The zero-order chi connectivity index (χ0) is 14.5. The summed E-state index contributed by atoms with van der Waals surface area (Å²) >= 11 is 1.38. The minimum atomic E-state index is -0.474. The fourth-order valence-electron chi connectivity index (χ4n) is 2.30. The first-order valence-electron chi connectivity index (χ1n) is 6.97. The van der Waals surface area contributed by atoms with Crippen molar-refractivity contribution in [1.82, 2.24) is 15.1 Å². The predicted molar refractivity (Wildman–Crippen MR) is 79.9 cm³/mol. The summed E-state index contributed by atoms with van der Waals surface area (Å²) in [6.07, 6.45) is 0. The Morgan fingerprint density at radius 2 is 2.05 bits per heavy atom. The number of nitrogens with zero attached hydrogens (tertiary/aromatic N) is 2. The summed E-state index contributed by atoms with van der Waals surface area (Å²) in [5, 5.41) is 4.62. The van der Waals surface area contributed by atoms with Gasteiger partial charge in [-0.15, -0.1) is 11.3 Å². The molecule has 1 aromatic rings. The number of carbonyl (C=O) groups is 2. The van der Waals surface area contributed by atoms with Crippen molar-refractivity contribution < 1.29 is 9.59 Å². The average Bonchev–Trinajstić information content (AvgIpc) is 3.01. The molecule has 1 fully saturated rings. The Morgan fingerprint density at radius 3 is 2.60 bits per heavy atom. The van der Waals surface area contributed by atoms with E-state index in [1.165, 1.54) is 11.3 Å². The summed E-state index contributed by atoms with van der Waals surface area (Å²) in [5.41, 5.74) is 0. The highest BCUT2D eigenvalue weighted by Crippen LogP contribution is 2.09. The molecule has 2 heterocycles. The Bertz CT molecular complexity index is 453. The molecule has 0 bridgehead atoms. The molecule has 0 radical (unpaired) electrons. The Labute approximate surface area is 123 Å². The van der Waals surface area contributed by atoms with Crippen LogP contribution in [0.5, 0.6) is 0 Å². The second-order valence-corrected chi connectivity index (χ2v) is 5.88. The smallest absolute Gasteiger partial charge is 0.261 e. The van der Waals surface area contributed by atoms with E-state index >= 15 is 0 Å². The monoisotopic (exact) mass is 295 g/mol. The molecule has 110 valence electrons. The molecule has 1 aromatic heterocycles. The number of amides is 2. The van der Waals surface area contributed by atoms with Crippen molar-refractivity contribution >= 4 is 23.2 Å². The molecule has 1 saturated heterocycles. The molecule has 0 aliphatic carbocycles. The molecule has 2 rings (SSSR count). The van der Waals surface area contributed by atoms with Crippen molar-refractivity contribution in [3.05, 3.63) is 22.4 Å². The van der Waals surface area contributed by atoms with E-state index in [-0.39, 0.29) is 11.8 Å². The predicted octanol–water partition coefficient (Wildman–Crippen LogP) is 1.03. The van der Waals surface area contributed by atoms with Crippen LogP contribution in [-0.4, -0.2) is 60.4 Å². The van der Waals surface area contributed by atoms with Gasteiger partial charge in [-0.25, -0.2) is 0 Å². The van der Waals surface area contributed by atoms with E-state index < -0.39 is 6.04 Å². The van der Waals surface area contributed by atoms with Crippen LogP contribution in [-0.2, 0) is 4.79 Å². The molecular weight excluding hydrogens is 274 g/mol. The SMILES string of the molecule is CCN1CCN(C(=O)C(C)NC(=O)c2cccs2)CC1. The van der Waals surface area contributed by atoms with Crippen LogP contribution < -0.4 is 5.32 Å². The number of thiophene rings is 1. The Balaban J connectivity index is 1.85. The Kier molecular flexibility index (Phi) is 5.14. The molecule has 1 unspecified atom stereocenters. The molecule has 1 N–H and O–H groups in total. The third-order valence-electron chi connectivity index (χ3n) is 3.59. The maximum Gasteiger partial charge on any atom is 0.261 e. The van der Waals surface area contributed by atoms with Crippen molar-refractivity contribution in [3.8, 4) is 0 Å². The van der Waals surface area contributed by atoms with E-state index in [9.17, 15) is 9.59 Å².